The van der Waals surface area contributed by atoms with Crippen molar-refractivity contribution in [1.29, 1.82) is 0 Å². The van der Waals surface area contributed by atoms with Gasteiger partial charge in [0.15, 0.2) is 0 Å². The maximum Gasteiger partial charge on any atom is 0.333 e. The van der Waals surface area contributed by atoms with E-state index in [1.54, 1.807) is 13.8 Å². The van der Waals surface area contributed by atoms with E-state index < -0.39 is 11.9 Å². The van der Waals surface area contributed by atoms with Gasteiger partial charge in [-0.15, -0.1) is 0 Å². The van der Waals surface area contributed by atoms with Gasteiger partial charge in [-0.25, -0.2) is 9.59 Å². The molecule has 0 spiro atoms. The van der Waals surface area contributed by atoms with Gasteiger partial charge in [0.1, 0.15) is 13.2 Å². The van der Waals surface area contributed by atoms with Crippen molar-refractivity contribution < 1.29 is 28.6 Å². The highest BCUT2D eigenvalue weighted by molar-refractivity contribution is 5.87. The van der Waals surface area contributed by atoms with Crippen molar-refractivity contribution in [3.05, 3.63) is 37.1 Å². The van der Waals surface area contributed by atoms with E-state index in [-0.39, 0.29) is 19.2 Å². The molecular weight excluding hydrogens is 264 g/mol. The second-order valence-corrected chi connectivity index (χ2v) is 3.61. The van der Waals surface area contributed by atoms with Crippen LogP contribution in [0.25, 0.3) is 0 Å². The molecule has 0 aliphatic rings. The number of hydrogen-bond acceptors (Lipinski definition) is 6. The van der Waals surface area contributed by atoms with Gasteiger partial charge in [-0.1, -0.05) is 19.7 Å². The fourth-order valence-corrected chi connectivity index (χ4v) is 0.632. The normalized spacial score (nSPS) is 8.35. The first-order valence-electron chi connectivity index (χ1n) is 5.65. The maximum absolute atomic E-state index is 10.8. The highest BCUT2D eigenvalue weighted by Gasteiger charge is 2.05. The van der Waals surface area contributed by atoms with Crippen molar-refractivity contribution >= 4 is 17.9 Å². The lowest BCUT2D eigenvalue weighted by Crippen LogP contribution is -2.14. The Morgan fingerprint density at radius 3 is 1.40 bits per heavy atom. The van der Waals surface area contributed by atoms with E-state index in [1.807, 2.05) is 0 Å². The summed E-state index contributed by atoms with van der Waals surface area (Å²) in [6.45, 7) is 14.4. The Kier molecular flexibility index (Phi) is 11.7. The lowest BCUT2D eigenvalue weighted by Gasteiger charge is -2.05. The highest BCUT2D eigenvalue weighted by Crippen LogP contribution is 1.94. The molecule has 0 fully saturated rings. The Hall–Kier alpha value is -2.37. The number of carbonyl (C=O) groups excluding carboxylic acids is 3. The van der Waals surface area contributed by atoms with E-state index in [2.05, 4.69) is 33.9 Å². The zero-order valence-corrected chi connectivity index (χ0v) is 12.1. The number of hydrogen-bond donors (Lipinski definition) is 0. The van der Waals surface area contributed by atoms with Gasteiger partial charge in [0.2, 0.25) is 0 Å². The molecule has 0 aliphatic carbocycles. The molecule has 0 saturated heterocycles. The first kappa shape index (κ1) is 20.0. The van der Waals surface area contributed by atoms with Gasteiger partial charge < -0.3 is 14.2 Å². The predicted octanol–water partition coefficient (Wildman–Crippen LogP) is 1.92. The zero-order valence-electron chi connectivity index (χ0n) is 12.1. The molecule has 0 atom stereocenters. The van der Waals surface area contributed by atoms with E-state index in [0.717, 1.165) is 6.26 Å². The van der Waals surface area contributed by atoms with Crippen LogP contribution in [0.5, 0.6) is 0 Å². The van der Waals surface area contributed by atoms with Crippen LogP contribution in [0.4, 0.5) is 0 Å². The fraction of sp³-hybridized carbons (Fsp3) is 0.357. The van der Waals surface area contributed by atoms with Gasteiger partial charge in [0, 0.05) is 18.1 Å². The quantitative estimate of drug-likeness (QED) is 0.244. The van der Waals surface area contributed by atoms with E-state index in [4.69, 9.17) is 0 Å². The molecule has 6 heteroatoms. The first-order chi connectivity index (χ1) is 9.22. The van der Waals surface area contributed by atoms with Crippen LogP contribution in [0, 0.1) is 0 Å². The number of esters is 3. The van der Waals surface area contributed by atoms with Gasteiger partial charge in [0.05, 0.1) is 6.26 Å². The van der Waals surface area contributed by atoms with Crippen LogP contribution in [0.1, 0.15) is 20.8 Å². The molecule has 0 aromatic rings. The van der Waals surface area contributed by atoms with Gasteiger partial charge in [0.25, 0.3) is 0 Å². The minimum Gasteiger partial charge on any atom is -0.459 e. The summed E-state index contributed by atoms with van der Waals surface area (Å²) in [5, 5.41) is 0. The van der Waals surface area contributed by atoms with Crippen LogP contribution in [0.15, 0.2) is 37.1 Å². The minimum absolute atomic E-state index is 0.0325. The molecular formula is C14H20O6. The summed E-state index contributed by atoms with van der Waals surface area (Å²) >= 11 is 0. The molecule has 0 N–H and O–H groups in total. The lowest BCUT2D eigenvalue weighted by atomic mass is 10.4. The van der Waals surface area contributed by atoms with Crippen LogP contribution in [0.2, 0.25) is 0 Å². The molecule has 0 bridgehead atoms. The fourth-order valence-electron chi connectivity index (χ4n) is 0.632. The zero-order chi connectivity index (χ0) is 16.1. The van der Waals surface area contributed by atoms with Crippen molar-refractivity contribution in [3.63, 3.8) is 0 Å². The lowest BCUT2D eigenvalue weighted by molar-refractivity contribution is -0.147. The number of carbonyl (C=O) groups is 3. The Morgan fingerprint density at radius 2 is 1.25 bits per heavy atom. The van der Waals surface area contributed by atoms with Crippen LogP contribution in [0.3, 0.4) is 0 Å². The molecule has 0 aliphatic heterocycles. The number of rotatable bonds is 6. The molecule has 0 rings (SSSR count). The third-order valence-electron chi connectivity index (χ3n) is 1.50. The molecule has 6 nitrogen and oxygen atoms in total. The summed E-state index contributed by atoms with van der Waals surface area (Å²) in [6.07, 6.45) is 1.10. The molecule has 0 unspecified atom stereocenters. The molecule has 0 aromatic carbocycles. The third-order valence-corrected chi connectivity index (χ3v) is 1.50. The first-order valence-corrected chi connectivity index (χ1v) is 5.65. The van der Waals surface area contributed by atoms with E-state index in [0.29, 0.717) is 11.1 Å². The summed E-state index contributed by atoms with van der Waals surface area (Å²) in [4.78, 5) is 31.4. The van der Waals surface area contributed by atoms with Crippen molar-refractivity contribution in [2.45, 2.75) is 20.8 Å². The average molecular weight is 284 g/mol. The standard InChI is InChI=1S/C10H14O4.C4H6O2/c1-7(2)9(11)13-5-6-14-10(12)8(3)4;1-3-6-4(2)5/h1,3,5-6H2,2,4H3;3H,1H2,2H3. The summed E-state index contributed by atoms with van der Waals surface area (Å²) < 4.78 is 13.5. The molecule has 20 heavy (non-hydrogen) atoms. The Bertz CT molecular complexity index is 366. The van der Waals surface area contributed by atoms with Gasteiger partial charge >= 0.3 is 17.9 Å². The van der Waals surface area contributed by atoms with Crippen LogP contribution in [-0.4, -0.2) is 31.1 Å². The van der Waals surface area contributed by atoms with Gasteiger partial charge in [-0.2, -0.15) is 0 Å². The average Bonchev–Trinajstić information content (AvgIpc) is 2.34. The van der Waals surface area contributed by atoms with Gasteiger partial charge in [-0.05, 0) is 13.8 Å². The van der Waals surface area contributed by atoms with E-state index in [9.17, 15) is 14.4 Å². The summed E-state index contributed by atoms with van der Waals surface area (Å²) in [5.41, 5.74) is 0.632. The topological polar surface area (TPSA) is 78.9 Å². The summed E-state index contributed by atoms with van der Waals surface area (Å²) in [7, 11) is 0. The van der Waals surface area contributed by atoms with Crippen LogP contribution >= 0.6 is 0 Å². The molecule has 0 amide bonds. The van der Waals surface area contributed by atoms with E-state index in [1.165, 1.54) is 6.92 Å². The monoisotopic (exact) mass is 284 g/mol. The highest BCUT2D eigenvalue weighted by atomic mass is 16.6. The largest absolute Gasteiger partial charge is 0.459 e. The summed E-state index contributed by atoms with van der Waals surface area (Å²) in [6, 6.07) is 0. The minimum atomic E-state index is -0.489. The van der Waals surface area contributed by atoms with Crippen LogP contribution in [-0.2, 0) is 28.6 Å². The molecule has 0 heterocycles. The Balaban J connectivity index is 0. The van der Waals surface area contributed by atoms with E-state index >= 15 is 0 Å². The predicted molar refractivity (Wildman–Crippen MR) is 73.5 cm³/mol. The molecule has 0 saturated carbocycles. The molecule has 0 radical (unpaired) electrons. The Morgan fingerprint density at radius 1 is 0.900 bits per heavy atom. The van der Waals surface area contributed by atoms with Crippen LogP contribution < -0.4 is 0 Å². The van der Waals surface area contributed by atoms with Gasteiger partial charge in [-0.3, -0.25) is 4.79 Å². The number of ether oxygens (including phenoxy) is 3. The SMILES string of the molecule is C=C(C)C(=O)OCCOC(=O)C(=C)C.C=COC(C)=O. The van der Waals surface area contributed by atoms with Crippen molar-refractivity contribution in [2.24, 2.45) is 0 Å². The second-order valence-electron chi connectivity index (χ2n) is 3.61. The maximum atomic E-state index is 10.8. The van der Waals surface area contributed by atoms with Crippen molar-refractivity contribution in [2.75, 3.05) is 13.2 Å². The third kappa shape index (κ3) is 13.7. The molecule has 0 aromatic heterocycles. The second kappa shape index (κ2) is 11.7. The van der Waals surface area contributed by atoms with Crippen molar-refractivity contribution in [1.82, 2.24) is 0 Å². The Labute approximate surface area is 118 Å². The summed E-state index contributed by atoms with van der Waals surface area (Å²) in [5.74, 6) is -1.31. The molecule has 112 valence electrons. The smallest absolute Gasteiger partial charge is 0.333 e. The van der Waals surface area contributed by atoms with Crippen molar-refractivity contribution in [3.8, 4) is 0 Å².